The Morgan fingerprint density at radius 2 is 1.95 bits per heavy atom. The van der Waals surface area contributed by atoms with Crippen molar-refractivity contribution in [3.63, 3.8) is 0 Å². The molecule has 0 aliphatic rings. The SMILES string of the molecule is Cc1ccc(S(=O)(=O)N(C)Cc2cc3ccccc3o2)s1. The van der Waals surface area contributed by atoms with Gasteiger partial charge in [-0.25, -0.2) is 8.42 Å². The van der Waals surface area contributed by atoms with Crippen LogP contribution in [0.1, 0.15) is 10.6 Å². The molecule has 0 spiro atoms. The number of aryl methyl sites for hydroxylation is 1. The molecule has 0 N–H and O–H groups in total. The third-order valence-corrected chi connectivity index (χ3v) is 6.51. The van der Waals surface area contributed by atoms with Crippen LogP contribution in [-0.2, 0) is 16.6 Å². The van der Waals surface area contributed by atoms with Crippen LogP contribution >= 0.6 is 11.3 Å². The second-order valence-electron chi connectivity index (χ2n) is 4.88. The molecule has 3 rings (SSSR count). The molecule has 2 aromatic heterocycles. The van der Waals surface area contributed by atoms with E-state index in [0.717, 1.165) is 15.8 Å². The van der Waals surface area contributed by atoms with Crippen LogP contribution in [0.2, 0.25) is 0 Å². The van der Waals surface area contributed by atoms with Gasteiger partial charge in [0, 0.05) is 17.3 Å². The third kappa shape index (κ3) is 2.74. The summed E-state index contributed by atoms with van der Waals surface area (Å²) in [5.41, 5.74) is 0.769. The zero-order valence-electron chi connectivity index (χ0n) is 11.7. The van der Waals surface area contributed by atoms with Gasteiger partial charge in [-0.15, -0.1) is 11.3 Å². The minimum atomic E-state index is -3.46. The van der Waals surface area contributed by atoms with Crippen molar-refractivity contribution in [1.29, 1.82) is 0 Å². The first-order valence-electron chi connectivity index (χ1n) is 6.47. The molecule has 0 aliphatic heterocycles. The van der Waals surface area contributed by atoms with Crippen LogP contribution in [0, 0.1) is 6.92 Å². The largest absolute Gasteiger partial charge is 0.460 e. The van der Waals surface area contributed by atoms with E-state index in [-0.39, 0.29) is 6.54 Å². The van der Waals surface area contributed by atoms with E-state index in [2.05, 4.69) is 0 Å². The number of furan rings is 1. The summed E-state index contributed by atoms with van der Waals surface area (Å²) in [7, 11) is -1.89. The lowest BCUT2D eigenvalue weighted by Gasteiger charge is -2.14. The maximum Gasteiger partial charge on any atom is 0.252 e. The molecule has 1 aromatic carbocycles. The summed E-state index contributed by atoms with van der Waals surface area (Å²) in [6, 6.07) is 13.0. The Hall–Kier alpha value is -1.63. The Morgan fingerprint density at radius 1 is 1.19 bits per heavy atom. The van der Waals surface area contributed by atoms with Crippen molar-refractivity contribution in [2.24, 2.45) is 0 Å². The first kappa shape index (κ1) is 14.3. The molecule has 0 aliphatic carbocycles. The van der Waals surface area contributed by atoms with E-state index in [4.69, 9.17) is 4.42 Å². The smallest absolute Gasteiger partial charge is 0.252 e. The molecule has 4 nitrogen and oxygen atoms in total. The Labute approximate surface area is 127 Å². The van der Waals surface area contributed by atoms with Gasteiger partial charge in [-0.3, -0.25) is 0 Å². The summed E-state index contributed by atoms with van der Waals surface area (Å²) in [6.45, 7) is 2.11. The van der Waals surface area contributed by atoms with Gasteiger partial charge >= 0.3 is 0 Å². The van der Waals surface area contributed by atoms with Gasteiger partial charge in [0.15, 0.2) is 0 Å². The van der Waals surface area contributed by atoms with Crippen molar-refractivity contribution in [1.82, 2.24) is 4.31 Å². The highest BCUT2D eigenvalue weighted by Crippen LogP contribution is 2.26. The van der Waals surface area contributed by atoms with Crippen LogP contribution in [0.25, 0.3) is 11.0 Å². The fraction of sp³-hybridized carbons (Fsp3) is 0.200. The van der Waals surface area contributed by atoms with Gasteiger partial charge < -0.3 is 4.42 Å². The van der Waals surface area contributed by atoms with Gasteiger partial charge in [0.1, 0.15) is 15.6 Å². The summed E-state index contributed by atoms with van der Waals surface area (Å²) in [4.78, 5) is 0.978. The fourth-order valence-corrected chi connectivity index (χ4v) is 4.75. The van der Waals surface area contributed by atoms with Crippen molar-refractivity contribution < 1.29 is 12.8 Å². The van der Waals surface area contributed by atoms with Crippen molar-refractivity contribution in [2.75, 3.05) is 7.05 Å². The monoisotopic (exact) mass is 321 g/mol. The normalized spacial score (nSPS) is 12.3. The molecule has 0 radical (unpaired) electrons. The Bertz CT molecular complexity index is 844. The molecule has 110 valence electrons. The zero-order chi connectivity index (χ0) is 15.0. The fourth-order valence-electron chi connectivity index (χ4n) is 2.12. The predicted octanol–water partition coefficient (Wildman–Crippen LogP) is 3.62. The number of benzene rings is 1. The summed E-state index contributed by atoms with van der Waals surface area (Å²) >= 11 is 1.28. The molecular formula is C15H15NO3S2. The van der Waals surface area contributed by atoms with Gasteiger partial charge in [-0.05, 0) is 31.2 Å². The van der Waals surface area contributed by atoms with Crippen LogP contribution in [0.3, 0.4) is 0 Å². The predicted molar refractivity (Wildman–Crippen MR) is 83.9 cm³/mol. The molecule has 0 amide bonds. The molecule has 0 saturated heterocycles. The molecule has 0 atom stereocenters. The molecule has 0 saturated carbocycles. The highest BCUT2D eigenvalue weighted by atomic mass is 32.2. The zero-order valence-corrected chi connectivity index (χ0v) is 13.4. The maximum absolute atomic E-state index is 12.5. The summed E-state index contributed by atoms with van der Waals surface area (Å²) in [5.74, 6) is 0.635. The van der Waals surface area contributed by atoms with E-state index in [0.29, 0.717) is 9.97 Å². The van der Waals surface area contributed by atoms with Crippen molar-refractivity contribution in [3.05, 3.63) is 53.1 Å². The molecule has 0 unspecified atom stereocenters. The minimum absolute atomic E-state index is 0.216. The molecular weight excluding hydrogens is 306 g/mol. The van der Waals surface area contributed by atoms with Gasteiger partial charge in [0.05, 0.1) is 6.54 Å². The number of para-hydroxylation sites is 1. The maximum atomic E-state index is 12.5. The standard InChI is InChI=1S/C15H15NO3S2/c1-11-7-8-15(20-11)21(17,18)16(2)10-13-9-12-5-3-4-6-14(12)19-13/h3-9H,10H2,1-2H3. The van der Waals surface area contributed by atoms with E-state index in [1.165, 1.54) is 15.6 Å². The number of nitrogens with zero attached hydrogens (tertiary/aromatic N) is 1. The second kappa shape index (κ2) is 5.29. The van der Waals surface area contributed by atoms with Crippen LogP contribution < -0.4 is 0 Å². The summed E-state index contributed by atoms with van der Waals surface area (Å²) in [5, 5.41) is 0.977. The number of hydrogen-bond acceptors (Lipinski definition) is 4. The van der Waals surface area contributed by atoms with Crippen molar-refractivity contribution >= 4 is 32.3 Å². The topological polar surface area (TPSA) is 50.5 Å². The van der Waals surface area contributed by atoms with Crippen LogP contribution in [0.15, 0.2) is 51.1 Å². The van der Waals surface area contributed by atoms with Crippen molar-refractivity contribution in [3.8, 4) is 0 Å². The third-order valence-electron chi connectivity index (χ3n) is 3.24. The lowest BCUT2D eigenvalue weighted by Crippen LogP contribution is -2.25. The van der Waals surface area contributed by atoms with Crippen LogP contribution in [0.4, 0.5) is 0 Å². The average molecular weight is 321 g/mol. The van der Waals surface area contributed by atoms with Crippen molar-refractivity contribution in [2.45, 2.75) is 17.7 Å². The van der Waals surface area contributed by atoms with Gasteiger partial charge in [0.25, 0.3) is 10.0 Å². The number of hydrogen-bond donors (Lipinski definition) is 0. The first-order chi connectivity index (χ1) is 9.96. The van der Waals surface area contributed by atoms with E-state index >= 15 is 0 Å². The first-order valence-corrected chi connectivity index (χ1v) is 8.73. The van der Waals surface area contributed by atoms with Gasteiger partial charge in [-0.2, -0.15) is 4.31 Å². The molecule has 6 heteroatoms. The lowest BCUT2D eigenvalue weighted by molar-refractivity contribution is 0.419. The Kier molecular flexibility index (Phi) is 3.61. The van der Waals surface area contributed by atoms with E-state index in [1.807, 2.05) is 43.3 Å². The highest BCUT2D eigenvalue weighted by molar-refractivity contribution is 7.91. The number of rotatable bonds is 4. The van der Waals surface area contributed by atoms with Crippen LogP contribution in [0.5, 0.6) is 0 Å². The highest BCUT2D eigenvalue weighted by Gasteiger charge is 2.23. The number of thiophene rings is 1. The quantitative estimate of drug-likeness (QED) is 0.737. The minimum Gasteiger partial charge on any atom is -0.460 e. The van der Waals surface area contributed by atoms with Gasteiger partial charge in [0.2, 0.25) is 0 Å². The van der Waals surface area contributed by atoms with Gasteiger partial charge in [-0.1, -0.05) is 18.2 Å². The van der Waals surface area contributed by atoms with E-state index in [9.17, 15) is 8.42 Å². The summed E-state index contributed by atoms with van der Waals surface area (Å²) < 4.78 is 32.3. The number of sulfonamides is 1. The summed E-state index contributed by atoms with van der Waals surface area (Å²) in [6.07, 6.45) is 0. The Morgan fingerprint density at radius 3 is 2.62 bits per heavy atom. The van der Waals surface area contributed by atoms with E-state index in [1.54, 1.807) is 13.1 Å². The van der Waals surface area contributed by atoms with Crippen LogP contribution in [-0.4, -0.2) is 19.8 Å². The molecule has 21 heavy (non-hydrogen) atoms. The average Bonchev–Trinajstić information content (AvgIpc) is 3.04. The Balaban J connectivity index is 1.87. The molecule has 2 heterocycles. The van der Waals surface area contributed by atoms with E-state index < -0.39 is 10.0 Å². The number of fused-ring (bicyclic) bond motifs is 1. The molecule has 3 aromatic rings. The lowest BCUT2D eigenvalue weighted by atomic mass is 10.2. The second-order valence-corrected chi connectivity index (χ2v) is 8.44. The molecule has 0 fully saturated rings. The molecule has 0 bridgehead atoms.